The standard InChI is InChI=1S/C14H16.C11H24O/c1-2-4-12(5-3-1)10-14-8-6-13(11-14)7-9-14;1-3-4-5-6-7-8-9-10-11-12-2/h1-6,8,13H,7,9-11H2;3-11H2,1-2H3. The van der Waals surface area contributed by atoms with Crippen molar-refractivity contribution in [3.8, 4) is 0 Å². The van der Waals surface area contributed by atoms with Crippen LogP contribution in [-0.2, 0) is 11.2 Å². The monoisotopic (exact) mass is 356 g/mol. The van der Waals surface area contributed by atoms with E-state index in [0.29, 0.717) is 5.41 Å². The Labute approximate surface area is 162 Å². The van der Waals surface area contributed by atoms with Crippen LogP contribution in [-0.4, -0.2) is 13.7 Å². The van der Waals surface area contributed by atoms with E-state index in [9.17, 15) is 0 Å². The Bertz CT molecular complexity index is 482. The average Bonchev–Trinajstić information content (AvgIpc) is 3.26. The van der Waals surface area contributed by atoms with Crippen LogP contribution in [0, 0.1) is 11.3 Å². The van der Waals surface area contributed by atoms with Crippen molar-refractivity contribution in [2.75, 3.05) is 13.7 Å². The van der Waals surface area contributed by atoms with Gasteiger partial charge in [-0.3, -0.25) is 0 Å². The van der Waals surface area contributed by atoms with E-state index in [1.54, 1.807) is 7.11 Å². The minimum absolute atomic E-state index is 0.534. The molecule has 1 aromatic rings. The van der Waals surface area contributed by atoms with Crippen LogP contribution in [0.15, 0.2) is 42.5 Å². The molecule has 26 heavy (non-hydrogen) atoms. The highest BCUT2D eigenvalue weighted by Gasteiger charge is 2.40. The van der Waals surface area contributed by atoms with Crippen molar-refractivity contribution in [2.24, 2.45) is 11.3 Å². The van der Waals surface area contributed by atoms with Crippen molar-refractivity contribution in [3.05, 3.63) is 48.0 Å². The third kappa shape index (κ3) is 7.66. The molecule has 1 nitrogen and oxygen atoms in total. The summed E-state index contributed by atoms with van der Waals surface area (Å²) in [5.74, 6) is 0.902. The summed E-state index contributed by atoms with van der Waals surface area (Å²) in [6, 6.07) is 10.9. The van der Waals surface area contributed by atoms with Crippen molar-refractivity contribution in [1.29, 1.82) is 0 Å². The van der Waals surface area contributed by atoms with Crippen LogP contribution in [0.25, 0.3) is 0 Å². The first-order valence-corrected chi connectivity index (χ1v) is 11.0. The van der Waals surface area contributed by atoms with Gasteiger partial charge in [0, 0.05) is 13.7 Å². The first-order valence-electron chi connectivity index (χ1n) is 11.0. The van der Waals surface area contributed by atoms with E-state index in [-0.39, 0.29) is 0 Å². The maximum atomic E-state index is 4.99. The molecule has 0 spiro atoms. The van der Waals surface area contributed by atoms with E-state index in [0.717, 1.165) is 12.5 Å². The smallest absolute Gasteiger partial charge is 0.0462 e. The molecule has 2 atom stereocenters. The van der Waals surface area contributed by atoms with E-state index in [1.165, 1.54) is 82.6 Å². The lowest BCUT2D eigenvalue weighted by atomic mass is 9.81. The van der Waals surface area contributed by atoms with Crippen LogP contribution >= 0.6 is 0 Å². The molecule has 2 aliphatic rings. The maximum absolute atomic E-state index is 4.99. The molecule has 1 aromatic carbocycles. The van der Waals surface area contributed by atoms with Gasteiger partial charge in [0.25, 0.3) is 0 Å². The van der Waals surface area contributed by atoms with E-state index in [4.69, 9.17) is 4.74 Å². The lowest BCUT2D eigenvalue weighted by molar-refractivity contribution is 0.192. The summed E-state index contributed by atoms with van der Waals surface area (Å²) in [5, 5.41) is 0. The minimum Gasteiger partial charge on any atom is -0.385 e. The first kappa shape index (κ1) is 21.2. The highest BCUT2D eigenvalue weighted by Crippen LogP contribution is 2.50. The molecule has 0 aliphatic heterocycles. The van der Waals surface area contributed by atoms with Gasteiger partial charge in [0.05, 0.1) is 0 Å². The molecule has 0 saturated heterocycles. The van der Waals surface area contributed by atoms with Crippen LogP contribution in [0.4, 0.5) is 0 Å². The molecule has 1 fully saturated rings. The van der Waals surface area contributed by atoms with Gasteiger partial charge < -0.3 is 4.74 Å². The van der Waals surface area contributed by atoms with Gasteiger partial charge in [-0.1, -0.05) is 94.4 Å². The number of hydrogen-bond donors (Lipinski definition) is 0. The number of ether oxygens (including phenoxy) is 1. The predicted octanol–water partition coefficient (Wildman–Crippen LogP) is 7.36. The van der Waals surface area contributed by atoms with E-state index < -0.39 is 0 Å². The highest BCUT2D eigenvalue weighted by atomic mass is 16.5. The third-order valence-electron chi connectivity index (χ3n) is 6.00. The largest absolute Gasteiger partial charge is 0.385 e. The van der Waals surface area contributed by atoms with Gasteiger partial charge in [-0.15, -0.1) is 0 Å². The summed E-state index contributed by atoms with van der Waals surface area (Å²) < 4.78 is 4.99. The molecule has 146 valence electrons. The van der Waals surface area contributed by atoms with Gasteiger partial charge >= 0.3 is 0 Å². The van der Waals surface area contributed by atoms with E-state index in [2.05, 4.69) is 49.4 Å². The summed E-state index contributed by atoms with van der Waals surface area (Å²) in [4.78, 5) is 0. The Balaban J connectivity index is 0.000000191. The summed E-state index contributed by atoms with van der Waals surface area (Å²) >= 11 is 0. The molecule has 0 N–H and O–H groups in total. The fourth-order valence-corrected chi connectivity index (χ4v) is 4.46. The fraction of sp³-hybridized carbons (Fsp3) is 0.680. The van der Waals surface area contributed by atoms with Crippen molar-refractivity contribution < 1.29 is 4.74 Å². The van der Waals surface area contributed by atoms with Gasteiger partial charge in [-0.05, 0) is 49.0 Å². The van der Waals surface area contributed by atoms with Gasteiger partial charge in [0.1, 0.15) is 0 Å². The van der Waals surface area contributed by atoms with Crippen LogP contribution in [0.5, 0.6) is 0 Å². The molecular weight excluding hydrogens is 316 g/mol. The Kier molecular flexibility index (Phi) is 10.1. The Morgan fingerprint density at radius 3 is 2.19 bits per heavy atom. The summed E-state index contributed by atoms with van der Waals surface area (Å²) in [6.07, 6.45) is 21.4. The molecule has 0 radical (unpaired) electrons. The third-order valence-corrected chi connectivity index (χ3v) is 6.00. The van der Waals surface area contributed by atoms with E-state index in [1.807, 2.05) is 0 Å². The molecule has 3 rings (SSSR count). The predicted molar refractivity (Wildman–Crippen MR) is 114 cm³/mol. The zero-order valence-corrected chi connectivity index (χ0v) is 17.2. The SMILES string of the molecule is C1=CC2(Cc3ccccc3)CCC1C2.CCCCCCCCCCOC. The number of methoxy groups -OCH3 is 1. The number of benzene rings is 1. The van der Waals surface area contributed by atoms with Crippen LogP contribution in [0.1, 0.15) is 83.1 Å². The van der Waals surface area contributed by atoms with E-state index >= 15 is 0 Å². The molecule has 2 unspecified atom stereocenters. The van der Waals surface area contributed by atoms with Crippen molar-refractivity contribution in [2.45, 2.75) is 84.0 Å². The zero-order chi connectivity index (χ0) is 18.5. The van der Waals surface area contributed by atoms with Crippen LogP contribution in [0.2, 0.25) is 0 Å². The number of fused-ring (bicyclic) bond motifs is 2. The van der Waals surface area contributed by atoms with Crippen molar-refractivity contribution in [3.63, 3.8) is 0 Å². The average molecular weight is 357 g/mol. The summed E-state index contributed by atoms with van der Waals surface area (Å²) in [5.41, 5.74) is 2.03. The number of hydrogen-bond acceptors (Lipinski definition) is 1. The maximum Gasteiger partial charge on any atom is 0.0462 e. The van der Waals surface area contributed by atoms with Crippen LogP contribution < -0.4 is 0 Å². The second-order valence-corrected chi connectivity index (χ2v) is 8.35. The van der Waals surface area contributed by atoms with Crippen molar-refractivity contribution >= 4 is 0 Å². The molecule has 1 heteroatoms. The lowest BCUT2D eigenvalue weighted by Gasteiger charge is -2.23. The zero-order valence-electron chi connectivity index (χ0n) is 17.2. The number of unbranched alkanes of at least 4 members (excludes halogenated alkanes) is 7. The van der Waals surface area contributed by atoms with Crippen LogP contribution in [0.3, 0.4) is 0 Å². The van der Waals surface area contributed by atoms with Gasteiger partial charge in [0.2, 0.25) is 0 Å². The summed E-state index contributed by atoms with van der Waals surface area (Å²) in [6.45, 7) is 3.20. The molecule has 1 saturated carbocycles. The quantitative estimate of drug-likeness (QED) is 0.297. The Morgan fingerprint density at radius 2 is 1.65 bits per heavy atom. The first-order chi connectivity index (χ1) is 12.8. The second kappa shape index (κ2) is 12.3. The molecule has 2 bridgehead atoms. The van der Waals surface area contributed by atoms with Gasteiger partial charge in [-0.25, -0.2) is 0 Å². The second-order valence-electron chi connectivity index (χ2n) is 8.35. The Morgan fingerprint density at radius 1 is 0.962 bits per heavy atom. The molecule has 0 amide bonds. The Hall–Kier alpha value is -1.08. The summed E-state index contributed by atoms with van der Waals surface area (Å²) in [7, 11) is 1.78. The topological polar surface area (TPSA) is 9.23 Å². The molecule has 0 aromatic heterocycles. The normalized spacial score (nSPS) is 23.1. The van der Waals surface area contributed by atoms with Crippen molar-refractivity contribution in [1.82, 2.24) is 0 Å². The van der Waals surface area contributed by atoms with Gasteiger partial charge in [-0.2, -0.15) is 0 Å². The minimum atomic E-state index is 0.534. The molecular formula is C25H40O. The lowest BCUT2D eigenvalue weighted by Crippen LogP contribution is -2.14. The fourth-order valence-electron chi connectivity index (χ4n) is 4.46. The van der Waals surface area contributed by atoms with Gasteiger partial charge in [0.15, 0.2) is 0 Å². The number of allylic oxidation sites excluding steroid dienone is 2. The molecule has 2 aliphatic carbocycles. The number of rotatable bonds is 11. The molecule has 0 heterocycles. The highest BCUT2D eigenvalue weighted by molar-refractivity contribution is 5.23.